The van der Waals surface area contributed by atoms with E-state index in [-0.39, 0.29) is 11.8 Å². The summed E-state index contributed by atoms with van der Waals surface area (Å²) >= 11 is 1.45. The normalized spacial score (nSPS) is 24.2. The summed E-state index contributed by atoms with van der Waals surface area (Å²) in [6.07, 6.45) is 3.97. The lowest BCUT2D eigenvalue weighted by atomic mass is 9.77. The van der Waals surface area contributed by atoms with E-state index >= 15 is 0 Å². The van der Waals surface area contributed by atoms with Crippen LogP contribution in [0.15, 0.2) is 35.2 Å². The molecule has 1 aromatic carbocycles. The lowest BCUT2D eigenvalue weighted by Gasteiger charge is -2.49. The van der Waals surface area contributed by atoms with Gasteiger partial charge in [-0.25, -0.2) is 4.98 Å². The molecule has 3 heterocycles. The maximum atomic E-state index is 13.0. The lowest BCUT2D eigenvalue weighted by molar-refractivity contribution is -0.144. The number of thiazole rings is 1. The number of piperazine rings is 1. The predicted molar refractivity (Wildman–Crippen MR) is 126 cm³/mol. The largest absolute Gasteiger partial charge is 0.339 e. The van der Waals surface area contributed by atoms with Gasteiger partial charge in [0.15, 0.2) is 0 Å². The molecular weight excluding hydrogens is 434 g/mol. The number of amides is 2. The van der Waals surface area contributed by atoms with E-state index in [0.29, 0.717) is 29.1 Å². The van der Waals surface area contributed by atoms with Crippen LogP contribution < -0.4 is 0 Å². The van der Waals surface area contributed by atoms with Crippen molar-refractivity contribution in [2.75, 3.05) is 39.3 Å². The standard InChI is InChI=1S/C25H29N5O2S/c26-13-18-1-3-19(4-2-18)20-5-7-21(8-6-20)24(31)30-14-22(15-30)28-9-11-29(12-10-28)25(32)23-16-33-17-27-23/h1-4,16-17,20-22H,5-12,14-15H2. The van der Waals surface area contributed by atoms with Gasteiger partial charge in [-0.3, -0.25) is 14.5 Å². The Morgan fingerprint density at radius 3 is 2.27 bits per heavy atom. The first-order chi connectivity index (χ1) is 16.1. The highest BCUT2D eigenvalue weighted by Crippen LogP contribution is 2.37. The average Bonchev–Trinajstić information content (AvgIpc) is 3.38. The van der Waals surface area contributed by atoms with Crippen LogP contribution in [0.3, 0.4) is 0 Å². The Hall–Kier alpha value is -2.76. The summed E-state index contributed by atoms with van der Waals surface area (Å²) in [6, 6.07) is 10.5. The molecule has 0 bridgehead atoms. The van der Waals surface area contributed by atoms with Gasteiger partial charge in [-0.15, -0.1) is 11.3 Å². The smallest absolute Gasteiger partial charge is 0.273 e. The Morgan fingerprint density at radius 1 is 0.970 bits per heavy atom. The topological polar surface area (TPSA) is 80.5 Å². The van der Waals surface area contributed by atoms with Crippen LogP contribution in [0.2, 0.25) is 0 Å². The van der Waals surface area contributed by atoms with Crippen molar-refractivity contribution >= 4 is 23.2 Å². The number of benzene rings is 1. The van der Waals surface area contributed by atoms with Crippen LogP contribution in [0.1, 0.15) is 53.2 Å². The molecule has 0 radical (unpaired) electrons. The van der Waals surface area contributed by atoms with Gasteiger partial charge < -0.3 is 9.80 Å². The minimum absolute atomic E-state index is 0.0259. The highest BCUT2D eigenvalue weighted by molar-refractivity contribution is 7.07. The number of nitriles is 1. The van der Waals surface area contributed by atoms with Gasteiger partial charge in [0, 0.05) is 56.6 Å². The number of carbonyl (C=O) groups excluding carboxylic acids is 2. The van der Waals surface area contributed by atoms with Crippen LogP contribution in [0.5, 0.6) is 0 Å². The molecule has 7 nitrogen and oxygen atoms in total. The zero-order valence-electron chi connectivity index (χ0n) is 18.7. The second kappa shape index (κ2) is 9.62. The molecule has 2 amide bonds. The van der Waals surface area contributed by atoms with Crippen molar-refractivity contribution in [3.05, 3.63) is 52.0 Å². The van der Waals surface area contributed by atoms with Crippen LogP contribution in [0, 0.1) is 17.2 Å². The molecule has 3 aliphatic rings. The van der Waals surface area contributed by atoms with Crippen molar-refractivity contribution in [2.24, 2.45) is 5.92 Å². The fraction of sp³-hybridized carbons (Fsp3) is 0.520. The molecule has 0 N–H and O–H groups in total. The zero-order valence-corrected chi connectivity index (χ0v) is 19.5. The first kappa shape index (κ1) is 22.1. The number of aromatic nitrogens is 1. The highest BCUT2D eigenvalue weighted by Gasteiger charge is 2.39. The van der Waals surface area contributed by atoms with E-state index in [1.165, 1.54) is 16.9 Å². The first-order valence-corrected chi connectivity index (χ1v) is 12.8. The van der Waals surface area contributed by atoms with Crippen LogP contribution in [-0.2, 0) is 4.79 Å². The van der Waals surface area contributed by atoms with E-state index in [1.54, 1.807) is 5.51 Å². The minimum Gasteiger partial charge on any atom is -0.339 e. The summed E-state index contributed by atoms with van der Waals surface area (Å²) < 4.78 is 0. The Bertz CT molecular complexity index is 1010. The summed E-state index contributed by atoms with van der Waals surface area (Å²) in [5.74, 6) is 0.988. The number of rotatable bonds is 4. The molecule has 0 spiro atoms. The van der Waals surface area contributed by atoms with Crippen LogP contribution in [0.4, 0.5) is 0 Å². The molecule has 3 fully saturated rings. The molecule has 2 aliphatic heterocycles. The molecule has 172 valence electrons. The van der Waals surface area contributed by atoms with Crippen molar-refractivity contribution in [1.82, 2.24) is 19.7 Å². The lowest BCUT2D eigenvalue weighted by Crippen LogP contribution is -2.65. The van der Waals surface area contributed by atoms with Gasteiger partial charge in [0.05, 0.1) is 17.1 Å². The van der Waals surface area contributed by atoms with Crippen molar-refractivity contribution in [2.45, 2.75) is 37.6 Å². The summed E-state index contributed by atoms with van der Waals surface area (Å²) in [4.78, 5) is 36.0. The quantitative estimate of drug-likeness (QED) is 0.696. The maximum absolute atomic E-state index is 13.0. The summed E-state index contributed by atoms with van der Waals surface area (Å²) in [6.45, 7) is 4.79. The van der Waals surface area contributed by atoms with Crippen LogP contribution in [0.25, 0.3) is 0 Å². The molecule has 0 atom stereocenters. The van der Waals surface area contributed by atoms with Gasteiger partial charge >= 0.3 is 0 Å². The van der Waals surface area contributed by atoms with Gasteiger partial charge in [0.1, 0.15) is 5.69 Å². The monoisotopic (exact) mass is 463 g/mol. The molecule has 1 saturated carbocycles. The van der Waals surface area contributed by atoms with Gasteiger partial charge in [0.2, 0.25) is 5.91 Å². The Morgan fingerprint density at radius 2 is 1.67 bits per heavy atom. The molecular formula is C25H29N5O2S. The Kier molecular flexibility index (Phi) is 6.43. The molecule has 0 unspecified atom stereocenters. The third kappa shape index (κ3) is 4.66. The SMILES string of the molecule is N#Cc1ccc(C2CCC(C(=O)N3CC(N4CCN(C(=O)c5cscn5)CC4)C3)CC2)cc1. The second-order valence-electron chi connectivity index (χ2n) is 9.38. The second-order valence-corrected chi connectivity index (χ2v) is 10.1. The van der Waals surface area contributed by atoms with Gasteiger partial charge in [-0.2, -0.15) is 5.26 Å². The highest BCUT2D eigenvalue weighted by atomic mass is 32.1. The van der Waals surface area contributed by atoms with Gasteiger partial charge in [0.25, 0.3) is 5.91 Å². The van der Waals surface area contributed by atoms with Crippen LogP contribution in [-0.4, -0.2) is 76.8 Å². The number of nitrogens with zero attached hydrogens (tertiary/aromatic N) is 5. The van der Waals surface area contributed by atoms with E-state index in [9.17, 15) is 9.59 Å². The third-order valence-corrected chi connectivity index (χ3v) is 8.12. The fourth-order valence-corrected chi connectivity index (χ4v) is 5.92. The van der Waals surface area contributed by atoms with E-state index in [1.807, 2.05) is 27.3 Å². The molecule has 1 aromatic heterocycles. The van der Waals surface area contributed by atoms with Crippen LogP contribution >= 0.6 is 11.3 Å². The van der Waals surface area contributed by atoms with E-state index in [4.69, 9.17) is 5.26 Å². The number of likely N-dealkylation sites (tertiary alicyclic amines) is 1. The Balaban J connectivity index is 1.05. The van der Waals surface area contributed by atoms with Crippen molar-refractivity contribution in [3.8, 4) is 6.07 Å². The first-order valence-electron chi connectivity index (χ1n) is 11.8. The molecule has 2 saturated heterocycles. The number of hydrogen-bond acceptors (Lipinski definition) is 6. The molecule has 8 heteroatoms. The summed E-state index contributed by atoms with van der Waals surface area (Å²) in [5.41, 5.74) is 4.23. The predicted octanol–water partition coefficient (Wildman–Crippen LogP) is 2.96. The summed E-state index contributed by atoms with van der Waals surface area (Å²) in [5, 5.41) is 10.8. The van der Waals surface area contributed by atoms with E-state index in [0.717, 1.165) is 65.0 Å². The molecule has 5 rings (SSSR count). The van der Waals surface area contributed by atoms with Gasteiger partial charge in [-0.05, 0) is 49.3 Å². The minimum atomic E-state index is 0.0259. The van der Waals surface area contributed by atoms with E-state index < -0.39 is 0 Å². The fourth-order valence-electron chi connectivity index (χ4n) is 5.40. The maximum Gasteiger partial charge on any atom is 0.273 e. The van der Waals surface area contributed by atoms with Gasteiger partial charge in [-0.1, -0.05) is 12.1 Å². The Labute approximate surface area is 198 Å². The van der Waals surface area contributed by atoms with Crippen molar-refractivity contribution < 1.29 is 9.59 Å². The van der Waals surface area contributed by atoms with E-state index in [2.05, 4.69) is 28.1 Å². The molecule has 33 heavy (non-hydrogen) atoms. The average molecular weight is 464 g/mol. The van der Waals surface area contributed by atoms with Crippen molar-refractivity contribution in [1.29, 1.82) is 5.26 Å². The summed E-state index contributed by atoms with van der Waals surface area (Å²) in [7, 11) is 0. The molecule has 2 aromatic rings. The number of hydrogen-bond donors (Lipinski definition) is 0. The van der Waals surface area contributed by atoms with Crippen molar-refractivity contribution in [3.63, 3.8) is 0 Å². The third-order valence-electron chi connectivity index (χ3n) is 7.53. The molecule has 1 aliphatic carbocycles. The zero-order chi connectivity index (χ0) is 22.8. The number of carbonyl (C=O) groups is 2.